The summed E-state index contributed by atoms with van der Waals surface area (Å²) in [6.07, 6.45) is 6.19. The maximum Gasteiger partial charge on any atom is 0.318 e. The molecule has 0 radical (unpaired) electrons. The summed E-state index contributed by atoms with van der Waals surface area (Å²) in [6.45, 7) is 4.14. The topological polar surface area (TPSA) is 35.6 Å². The zero-order valence-corrected chi connectivity index (χ0v) is 11.8. The Hall–Kier alpha value is -0.770. The van der Waals surface area contributed by atoms with Crippen LogP contribution < -0.4 is 5.32 Å². The summed E-state index contributed by atoms with van der Waals surface area (Å²) in [7, 11) is 4.29. The monoisotopic (exact) mass is 251 g/mol. The number of carbonyl (C=O) groups is 1. The number of hydrogen-bond acceptors (Lipinski definition) is 2. The fourth-order valence-corrected chi connectivity index (χ4v) is 3.85. The molecule has 3 fully saturated rings. The Balaban J connectivity index is 1.70. The molecular formula is C14H25N3O. The van der Waals surface area contributed by atoms with Crippen LogP contribution in [0.25, 0.3) is 0 Å². The summed E-state index contributed by atoms with van der Waals surface area (Å²) >= 11 is 0. The van der Waals surface area contributed by atoms with Crippen LogP contribution in [0.1, 0.15) is 39.0 Å². The number of amides is 2. The SMILES string of the molecule is CN(C)[C@]1(C)C[C@@]2(CNC(=O)N2CC2CCC2)C1. The van der Waals surface area contributed by atoms with Crippen LogP contribution in [0.4, 0.5) is 4.79 Å². The van der Waals surface area contributed by atoms with E-state index in [4.69, 9.17) is 0 Å². The third-order valence-corrected chi connectivity index (χ3v) is 5.55. The van der Waals surface area contributed by atoms with Crippen molar-refractivity contribution >= 4 is 6.03 Å². The minimum absolute atomic E-state index is 0.117. The van der Waals surface area contributed by atoms with Gasteiger partial charge >= 0.3 is 6.03 Å². The van der Waals surface area contributed by atoms with E-state index in [9.17, 15) is 4.79 Å². The van der Waals surface area contributed by atoms with Gasteiger partial charge in [0.1, 0.15) is 0 Å². The van der Waals surface area contributed by atoms with E-state index < -0.39 is 0 Å². The highest BCUT2D eigenvalue weighted by molar-refractivity contribution is 5.78. The largest absolute Gasteiger partial charge is 0.336 e. The molecule has 2 saturated carbocycles. The van der Waals surface area contributed by atoms with Crippen molar-refractivity contribution in [1.82, 2.24) is 15.1 Å². The molecule has 0 atom stereocenters. The molecule has 3 aliphatic rings. The fraction of sp³-hybridized carbons (Fsp3) is 0.929. The van der Waals surface area contributed by atoms with Crippen molar-refractivity contribution in [2.24, 2.45) is 5.92 Å². The van der Waals surface area contributed by atoms with Crippen LogP contribution in [-0.4, -0.2) is 54.1 Å². The number of nitrogens with zero attached hydrogens (tertiary/aromatic N) is 2. The molecule has 2 aliphatic carbocycles. The molecule has 3 rings (SSSR count). The normalized spacial score (nSPS) is 40.0. The first kappa shape index (κ1) is 12.3. The first-order valence-electron chi connectivity index (χ1n) is 7.18. The zero-order valence-electron chi connectivity index (χ0n) is 11.8. The van der Waals surface area contributed by atoms with Crippen molar-refractivity contribution < 1.29 is 4.79 Å². The molecule has 102 valence electrons. The van der Waals surface area contributed by atoms with Crippen LogP contribution in [0.2, 0.25) is 0 Å². The standard InChI is InChI=1S/C14H25N3O/c1-13(16(2)3)8-14(9-13)10-15-12(18)17(14)7-11-5-4-6-11/h11H,4-10H2,1-3H3,(H,15,18)/t13-,14+. The quantitative estimate of drug-likeness (QED) is 0.828. The Bertz CT molecular complexity index is 356. The van der Waals surface area contributed by atoms with E-state index in [1.165, 1.54) is 19.3 Å². The average molecular weight is 251 g/mol. The predicted octanol–water partition coefficient (Wildman–Crippen LogP) is 1.66. The van der Waals surface area contributed by atoms with Crippen LogP contribution in [0.15, 0.2) is 0 Å². The maximum absolute atomic E-state index is 12.0. The Morgan fingerprint density at radius 2 is 2.06 bits per heavy atom. The molecule has 18 heavy (non-hydrogen) atoms. The van der Waals surface area contributed by atoms with Gasteiger partial charge in [0, 0.05) is 18.6 Å². The molecule has 1 spiro atoms. The van der Waals surface area contributed by atoms with Gasteiger partial charge in [-0.05, 0) is 52.6 Å². The van der Waals surface area contributed by atoms with Crippen molar-refractivity contribution in [1.29, 1.82) is 0 Å². The number of hydrogen-bond donors (Lipinski definition) is 1. The maximum atomic E-state index is 12.0. The van der Waals surface area contributed by atoms with Gasteiger partial charge in [-0.3, -0.25) is 0 Å². The van der Waals surface area contributed by atoms with E-state index in [-0.39, 0.29) is 17.1 Å². The van der Waals surface area contributed by atoms with E-state index in [0.717, 1.165) is 31.8 Å². The van der Waals surface area contributed by atoms with E-state index in [2.05, 4.69) is 36.1 Å². The van der Waals surface area contributed by atoms with Gasteiger partial charge in [0.2, 0.25) is 0 Å². The second kappa shape index (κ2) is 3.86. The van der Waals surface area contributed by atoms with Gasteiger partial charge in [0.25, 0.3) is 0 Å². The first-order chi connectivity index (χ1) is 8.45. The average Bonchev–Trinajstić information content (AvgIpc) is 2.50. The van der Waals surface area contributed by atoms with Crippen molar-refractivity contribution in [3.8, 4) is 0 Å². The second-order valence-corrected chi connectivity index (χ2v) is 7.04. The van der Waals surface area contributed by atoms with Crippen molar-refractivity contribution in [2.45, 2.75) is 50.1 Å². The van der Waals surface area contributed by atoms with Gasteiger partial charge in [-0.1, -0.05) is 6.42 Å². The van der Waals surface area contributed by atoms with Gasteiger partial charge in [-0.25, -0.2) is 4.79 Å². The summed E-state index contributed by atoms with van der Waals surface area (Å²) in [5.41, 5.74) is 0.385. The Labute approximate surface area is 110 Å². The molecule has 1 saturated heterocycles. The highest BCUT2D eigenvalue weighted by Gasteiger charge is 2.60. The molecule has 4 heteroatoms. The number of nitrogens with one attached hydrogen (secondary N) is 1. The third kappa shape index (κ3) is 1.65. The van der Waals surface area contributed by atoms with Crippen molar-refractivity contribution in [3.05, 3.63) is 0 Å². The molecular weight excluding hydrogens is 226 g/mol. The highest BCUT2D eigenvalue weighted by Crippen LogP contribution is 2.50. The van der Waals surface area contributed by atoms with E-state index in [1.807, 2.05) is 0 Å². The van der Waals surface area contributed by atoms with Crippen LogP contribution in [0.3, 0.4) is 0 Å². The molecule has 0 aromatic carbocycles. The number of carbonyl (C=O) groups excluding carboxylic acids is 1. The molecule has 0 aromatic heterocycles. The molecule has 0 aromatic rings. The number of rotatable bonds is 3. The highest BCUT2D eigenvalue weighted by atomic mass is 16.2. The summed E-state index contributed by atoms with van der Waals surface area (Å²) in [4.78, 5) is 16.5. The Morgan fingerprint density at radius 1 is 1.39 bits per heavy atom. The van der Waals surface area contributed by atoms with Gasteiger partial charge in [-0.2, -0.15) is 0 Å². The summed E-state index contributed by atoms with van der Waals surface area (Å²) < 4.78 is 0. The van der Waals surface area contributed by atoms with Gasteiger partial charge in [0.15, 0.2) is 0 Å². The van der Waals surface area contributed by atoms with E-state index in [1.54, 1.807) is 0 Å². The summed E-state index contributed by atoms with van der Waals surface area (Å²) in [5.74, 6) is 0.761. The number of urea groups is 1. The van der Waals surface area contributed by atoms with E-state index >= 15 is 0 Å². The van der Waals surface area contributed by atoms with Crippen molar-refractivity contribution in [2.75, 3.05) is 27.2 Å². The molecule has 1 N–H and O–H groups in total. The molecule has 0 unspecified atom stereocenters. The van der Waals surface area contributed by atoms with Gasteiger partial charge in [-0.15, -0.1) is 0 Å². The molecule has 1 heterocycles. The second-order valence-electron chi connectivity index (χ2n) is 7.04. The fourth-order valence-electron chi connectivity index (χ4n) is 3.85. The van der Waals surface area contributed by atoms with Crippen molar-refractivity contribution in [3.63, 3.8) is 0 Å². The van der Waals surface area contributed by atoms with Crippen LogP contribution in [0.5, 0.6) is 0 Å². The lowest BCUT2D eigenvalue weighted by Crippen LogP contribution is -2.68. The van der Waals surface area contributed by atoms with Crippen LogP contribution >= 0.6 is 0 Å². The smallest absolute Gasteiger partial charge is 0.318 e. The molecule has 2 amide bonds. The Kier molecular flexibility index (Phi) is 2.63. The molecule has 1 aliphatic heterocycles. The lowest BCUT2D eigenvalue weighted by molar-refractivity contribution is -0.0577. The minimum Gasteiger partial charge on any atom is -0.336 e. The van der Waals surface area contributed by atoms with Gasteiger partial charge in [0.05, 0.1) is 5.54 Å². The Morgan fingerprint density at radius 3 is 2.56 bits per heavy atom. The molecule has 4 nitrogen and oxygen atoms in total. The van der Waals surface area contributed by atoms with Crippen LogP contribution in [0, 0.1) is 5.92 Å². The summed E-state index contributed by atoms with van der Waals surface area (Å²) in [5, 5.41) is 3.06. The predicted molar refractivity (Wildman–Crippen MR) is 71.5 cm³/mol. The first-order valence-corrected chi connectivity index (χ1v) is 7.18. The lowest BCUT2D eigenvalue weighted by Gasteiger charge is -2.59. The third-order valence-electron chi connectivity index (χ3n) is 5.55. The minimum atomic E-state index is 0.117. The summed E-state index contributed by atoms with van der Waals surface area (Å²) in [6, 6.07) is 0.169. The van der Waals surface area contributed by atoms with E-state index in [0.29, 0.717) is 0 Å². The molecule has 0 bridgehead atoms. The van der Waals surface area contributed by atoms with Crippen LogP contribution in [-0.2, 0) is 0 Å². The lowest BCUT2D eigenvalue weighted by atomic mass is 9.62. The zero-order chi connectivity index (χ0) is 13.0. The van der Waals surface area contributed by atoms with Gasteiger partial charge < -0.3 is 15.1 Å².